The molecule has 0 aliphatic heterocycles. The van der Waals surface area contributed by atoms with Crippen molar-refractivity contribution in [2.24, 2.45) is 0 Å². The van der Waals surface area contributed by atoms with E-state index in [4.69, 9.17) is 20.8 Å². The predicted octanol–water partition coefficient (Wildman–Crippen LogP) is 1.99. The fraction of sp³-hybridized carbons (Fsp3) is 0.235. The molecule has 2 N–H and O–H groups in total. The van der Waals surface area contributed by atoms with Gasteiger partial charge < -0.3 is 19.8 Å². The molecule has 0 fully saturated rings. The van der Waals surface area contributed by atoms with Gasteiger partial charge in [-0.2, -0.15) is 0 Å². The van der Waals surface area contributed by atoms with E-state index in [2.05, 4.69) is 10.6 Å². The first-order chi connectivity index (χ1) is 13.3. The van der Waals surface area contributed by atoms with Gasteiger partial charge >= 0.3 is 5.97 Å². The van der Waals surface area contributed by atoms with E-state index in [1.54, 1.807) is 19.1 Å². The van der Waals surface area contributed by atoms with Crippen molar-refractivity contribution in [1.82, 2.24) is 10.6 Å². The van der Waals surface area contributed by atoms with Crippen LogP contribution in [0.15, 0.2) is 41.0 Å². The fourth-order valence-corrected chi connectivity index (χ4v) is 2.32. The van der Waals surface area contributed by atoms with Gasteiger partial charge in [0.15, 0.2) is 6.61 Å². The molecule has 28 heavy (non-hydrogen) atoms. The second-order valence-corrected chi connectivity index (χ2v) is 5.98. The number of esters is 1. The molecule has 2 rings (SSSR count). The van der Waals surface area contributed by atoms with Crippen LogP contribution in [0.2, 0.25) is 5.02 Å². The highest BCUT2D eigenvalue weighted by Crippen LogP contribution is 2.24. The van der Waals surface area contributed by atoms with E-state index in [1.165, 1.54) is 18.4 Å². The smallest absolute Gasteiger partial charge is 0.325 e. The molecule has 0 spiro atoms. The molecule has 1 aromatic carbocycles. The second kappa shape index (κ2) is 9.51. The quantitative estimate of drug-likeness (QED) is 0.385. The van der Waals surface area contributed by atoms with Crippen molar-refractivity contribution in [3.63, 3.8) is 0 Å². The molecule has 0 saturated carbocycles. The first kappa shape index (κ1) is 20.9. The van der Waals surface area contributed by atoms with Crippen LogP contribution >= 0.6 is 11.6 Å². The third kappa shape index (κ3) is 5.81. The Morgan fingerprint density at radius 2 is 2.07 bits per heavy atom. The van der Waals surface area contributed by atoms with E-state index in [0.29, 0.717) is 5.76 Å². The molecule has 1 atom stereocenters. The molecule has 0 saturated heterocycles. The minimum atomic E-state index is -0.849. The van der Waals surface area contributed by atoms with Crippen LogP contribution in [-0.2, 0) is 14.3 Å². The zero-order valence-electron chi connectivity index (χ0n) is 14.6. The van der Waals surface area contributed by atoms with E-state index in [-0.39, 0.29) is 10.6 Å². The van der Waals surface area contributed by atoms with Crippen molar-refractivity contribution in [3.05, 3.63) is 63.1 Å². The number of halogens is 1. The monoisotopic (exact) mass is 409 g/mol. The van der Waals surface area contributed by atoms with Crippen LogP contribution in [-0.4, -0.2) is 35.9 Å². The summed E-state index contributed by atoms with van der Waals surface area (Å²) in [7, 11) is 0. The van der Waals surface area contributed by atoms with Gasteiger partial charge in [0.1, 0.15) is 17.3 Å². The summed E-state index contributed by atoms with van der Waals surface area (Å²) in [6, 6.07) is 6.44. The van der Waals surface area contributed by atoms with Crippen LogP contribution in [0, 0.1) is 10.1 Å². The van der Waals surface area contributed by atoms with Gasteiger partial charge in [0, 0.05) is 11.6 Å². The third-order valence-electron chi connectivity index (χ3n) is 3.51. The number of carbonyl (C=O) groups excluding carboxylic acids is 3. The van der Waals surface area contributed by atoms with Crippen molar-refractivity contribution in [1.29, 1.82) is 0 Å². The van der Waals surface area contributed by atoms with Gasteiger partial charge in [-0.3, -0.25) is 24.5 Å². The van der Waals surface area contributed by atoms with Crippen LogP contribution in [0.3, 0.4) is 0 Å². The number of nitro benzene ring substituents is 1. The molecule has 11 heteroatoms. The summed E-state index contributed by atoms with van der Waals surface area (Å²) in [5.41, 5.74) is -0.479. The van der Waals surface area contributed by atoms with Crippen molar-refractivity contribution in [2.75, 3.05) is 13.2 Å². The van der Waals surface area contributed by atoms with Gasteiger partial charge in [-0.15, -0.1) is 0 Å². The molecule has 0 bridgehead atoms. The Morgan fingerprint density at radius 1 is 1.32 bits per heavy atom. The number of nitro groups is 1. The highest BCUT2D eigenvalue weighted by Gasteiger charge is 2.18. The summed E-state index contributed by atoms with van der Waals surface area (Å²) in [6.45, 7) is 0.645. The Labute approximate surface area is 163 Å². The van der Waals surface area contributed by atoms with Gasteiger partial charge in [-0.25, -0.2) is 0 Å². The van der Waals surface area contributed by atoms with E-state index in [0.717, 1.165) is 6.07 Å². The van der Waals surface area contributed by atoms with Gasteiger partial charge in [0.25, 0.3) is 17.5 Å². The molecule has 148 valence electrons. The van der Waals surface area contributed by atoms with Gasteiger partial charge in [0.2, 0.25) is 0 Å². The summed E-state index contributed by atoms with van der Waals surface area (Å²) in [4.78, 5) is 45.5. The average Bonchev–Trinajstić information content (AvgIpc) is 3.19. The predicted molar refractivity (Wildman–Crippen MR) is 96.7 cm³/mol. The van der Waals surface area contributed by atoms with E-state index < -0.39 is 47.6 Å². The lowest BCUT2D eigenvalue weighted by atomic mass is 10.2. The molecule has 2 amide bonds. The van der Waals surface area contributed by atoms with Gasteiger partial charge in [-0.05, 0) is 31.2 Å². The summed E-state index contributed by atoms with van der Waals surface area (Å²) in [6.07, 6.45) is 1.47. The number of hydrogen-bond donors (Lipinski definition) is 2. The highest BCUT2D eigenvalue weighted by molar-refractivity contribution is 6.32. The number of carbonyl (C=O) groups is 3. The van der Waals surface area contributed by atoms with E-state index >= 15 is 0 Å². The maximum atomic E-state index is 12.0. The summed E-state index contributed by atoms with van der Waals surface area (Å²) in [5.74, 6) is -1.58. The fourth-order valence-electron chi connectivity index (χ4n) is 2.14. The van der Waals surface area contributed by atoms with Crippen LogP contribution in [0.1, 0.15) is 29.1 Å². The molecule has 1 aromatic heterocycles. The van der Waals surface area contributed by atoms with Crippen molar-refractivity contribution >= 4 is 35.1 Å². The SMILES string of the molecule is C[C@H](NC(=O)COC(=O)CNC(=O)c1ccc(Cl)c([N+](=O)[O-])c1)c1ccco1. The Bertz CT molecular complexity index is 883. The lowest BCUT2D eigenvalue weighted by Gasteiger charge is -2.11. The standard InChI is InChI=1S/C17H16ClN3O7/c1-10(14-3-2-6-27-14)20-15(22)9-28-16(23)8-19-17(24)11-4-5-12(18)13(7-11)21(25)26/h2-7,10H,8-9H2,1H3,(H,19,24)(H,20,22)/t10-/m0/s1. The Hall–Kier alpha value is -3.40. The number of nitrogens with one attached hydrogen (secondary N) is 2. The molecule has 10 nitrogen and oxygen atoms in total. The van der Waals surface area contributed by atoms with Crippen molar-refractivity contribution in [3.8, 4) is 0 Å². The maximum Gasteiger partial charge on any atom is 0.325 e. The maximum absolute atomic E-state index is 12.0. The lowest BCUT2D eigenvalue weighted by molar-refractivity contribution is -0.384. The molecule has 1 heterocycles. The number of amides is 2. The molecule has 2 aromatic rings. The van der Waals surface area contributed by atoms with Gasteiger partial charge in [0.05, 0.1) is 17.2 Å². The summed E-state index contributed by atoms with van der Waals surface area (Å²) in [5, 5.41) is 15.5. The van der Waals surface area contributed by atoms with Crippen LogP contribution < -0.4 is 10.6 Å². The topological polar surface area (TPSA) is 141 Å². The summed E-state index contributed by atoms with van der Waals surface area (Å²) >= 11 is 5.67. The first-order valence-corrected chi connectivity index (χ1v) is 8.36. The van der Waals surface area contributed by atoms with Crippen LogP contribution in [0.5, 0.6) is 0 Å². The highest BCUT2D eigenvalue weighted by atomic mass is 35.5. The minimum Gasteiger partial charge on any atom is -0.467 e. The van der Waals surface area contributed by atoms with Crippen LogP contribution in [0.25, 0.3) is 0 Å². The van der Waals surface area contributed by atoms with Crippen molar-refractivity contribution in [2.45, 2.75) is 13.0 Å². The molecule has 0 unspecified atom stereocenters. The minimum absolute atomic E-state index is 0.0473. The number of rotatable bonds is 8. The first-order valence-electron chi connectivity index (χ1n) is 7.98. The van der Waals surface area contributed by atoms with E-state index in [9.17, 15) is 24.5 Å². The number of hydrogen-bond acceptors (Lipinski definition) is 7. The van der Waals surface area contributed by atoms with Gasteiger partial charge in [-0.1, -0.05) is 11.6 Å². The molecule has 0 aliphatic carbocycles. The number of benzene rings is 1. The third-order valence-corrected chi connectivity index (χ3v) is 3.83. The van der Waals surface area contributed by atoms with Crippen LogP contribution in [0.4, 0.5) is 5.69 Å². The molecule has 0 aliphatic rings. The lowest BCUT2D eigenvalue weighted by Crippen LogP contribution is -2.34. The van der Waals surface area contributed by atoms with E-state index in [1.807, 2.05) is 0 Å². The largest absolute Gasteiger partial charge is 0.467 e. The molecule has 0 radical (unpaired) electrons. The normalized spacial score (nSPS) is 11.4. The Balaban J connectivity index is 1.77. The zero-order chi connectivity index (χ0) is 20.7. The number of nitrogens with zero attached hydrogens (tertiary/aromatic N) is 1. The number of ether oxygens (including phenoxy) is 1. The van der Waals surface area contributed by atoms with Crippen molar-refractivity contribution < 1.29 is 28.5 Å². The number of furan rings is 1. The Morgan fingerprint density at radius 3 is 2.71 bits per heavy atom. The average molecular weight is 410 g/mol. The Kier molecular flexibility index (Phi) is 7.10. The second-order valence-electron chi connectivity index (χ2n) is 5.57. The molecular weight excluding hydrogens is 394 g/mol. The zero-order valence-corrected chi connectivity index (χ0v) is 15.4. The molecular formula is C17H16ClN3O7. The summed E-state index contributed by atoms with van der Waals surface area (Å²) < 4.78 is 9.90.